The molecule has 1 aromatic carbocycles. The van der Waals surface area contributed by atoms with Crippen molar-refractivity contribution in [1.82, 2.24) is 20.5 Å². The predicted octanol–water partition coefficient (Wildman–Crippen LogP) is 0.0326. The van der Waals surface area contributed by atoms with Crippen LogP contribution in [0.1, 0.15) is 25.3 Å². The summed E-state index contributed by atoms with van der Waals surface area (Å²) < 4.78 is 0. The van der Waals surface area contributed by atoms with Crippen LogP contribution < -0.4 is 16.4 Å². The van der Waals surface area contributed by atoms with Crippen LogP contribution in [0.15, 0.2) is 30.5 Å². The molecular formula is C22H29N5O5S. The lowest BCUT2D eigenvalue weighted by atomic mass is 10.0. The Morgan fingerprint density at radius 2 is 2.00 bits per heavy atom. The van der Waals surface area contributed by atoms with Gasteiger partial charge in [0.15, 0.2) is 0 Å². The molecule has 2 aromatic rings. The number of aliphatic carboxylic acids is 1. The minimum Gasteiger partial charge on any atom is -0.480 e. The number of aromatic nitrogens is 1. The zero-order valence-electron chi connectivity index (χ0n) is 18.3. The van der Waals surface area contributed by atoms with Crippen LogP contribution in [0.2, 0.25) is 0 Å². The van der Waals surface area contributed by atoms with E-state index < -0.39 is 47.9 Å². The number of hydrogen-bond acceptors (Lipinski definition) is 6. The van der Waals surface area contributed by atoms with Crippen molar-refractivity contribution < 1.29 is 24.3 Å². The van der Waals surface area contributed by atoms with Gasteiger partial charge in [-0.25, -0.2) is 0 Å². The lowest BCUT2D eigenvalue weighted by Gasteiger charge is -2.29. The van der Waals surface area contributed by atoms with Crippen LogP contribution in [0.3, 0.4) is 0 Å². The SMILES string of the molecule is C[C@H](NC(=O)[C@@H]1CCCN1C(=O)[C@H](CS)NC(=O)[C@@H](N)Cc1c[nH]c2ccccc12)C(=O)O. The number of fused-ring (bicyclic) bond motifs is 1. The Hall–Kier alpha value is -3.05. The first-order valence-electron chi connectivity index (χ1n) is 10.8. The standard InChI is InChI=1S/C22H29N5O5S/c1-12(22(31)32)25-20(29)18-7-4-8-27(18)21(30)17(11-33)26-19(28)15(23)9-13-10-24-16-6-3-2-5-14(13)16/h2-3,5-6,10,12,15,17-18,24,33H,4,7-9,11,23H2,1H3,(H,25,29)(H,26,28)(H,31,32)/t12-,15-,17-,18-/m0/s1. The zero-order valence-corrected chi connectivity index (χ0v) is 19.2. The summed E-state index contributed by atoms with van der Waals surface area (Å²) in [6.07, 6.45) is 3.10. The second-order valence-electron chi connectivity index (χ2n) is 8.17. The van der Waals surface area contributed by atoms with Crippen LogP contribution in [0, 0.1) is 0 Å². The van der Waals surface area contributed by atoms with E-state index in [1.807, 2.05) is 30.5 Å². The topological polar surface area (TPSA) is 158 Å². The minimum absolute atomic E-state index is 0.0285. The Morgan fingerprint density at radius 3 is 2.70 bits per heavy atom. The first-order valence-corrected chi connectivity index (χ1v) is 11.4. The van der Waals surface area contributed by atoms with Crippen molar-refractivity contribution in [2.24, 2.45) is 5.73 Å². The number of rotatable bonds is 9. The van der Waals surface area contributed by atoms with E-state index in [9.17, 15) is 19.2 Å². The number of benzene rings is 1. The zero-order chi connectivity index (χ0) is 24.1. The van der Waals surface area contributed by atoms with Gasteiger partial charge in [-0.05, 0) is 37.8 Å². The van der Waals surface area contributed by atoms with Gasteiger partial charge in [0.1, 0.15) is 18.1 Å². The van der Waals surface area contributed by atoms with Crippen molar-refractivity contribution in [1.29, 1.82) is 0 Å². The third kappa shape index (κ3) is 5.66. The lowest BCUT2D eigenvalue weighted by molar-refractivity contribution is -0.144. The van der Waals surface area contributed by atoms with Gasteiger partial charge < -0.3 is 31.4 Å². The fraction of sp³-hybridized carbons (Fsp3) is 0.455. The first-order chi connectivity index (χ1) is 15.7. The second-order valence-corrected chi connectivity index (χ2v) is 8.54. The number of hydrogen-bond donors (Lipinski definition) is 6. The van der Waals surface area contributed by atoms with Crippen LogP contribution in [0.5, 0.6) is 0 Å². The summed E-state index contributed by atoms with van der Waals surface area (Å²) in [6.45, 7) is 1.69. The summed E-state index contributed by atoms with van der Waals surface area (Å²) >= 11 is 4.21. The molecular weight excluding hydrogens is 446 g/mol. The molecule has 3 rings (SSSR count). The summed E-state index contributed by atoms with van der Waals surface area (Å²) in [5, 5.41) is 15.0. The maximum absolute atomic E-state index is 13.1. The van der Waals surface area contributed by atoms with Gasteiger partial charge in [-0.1, -0.05) is 18.2 Å². The number of carboxylic acids is 1. The molecule has 1 saturated heterocycles. The Balaban J connectivity index is 1.62. The van der Waals surface area contributed by atoms with Crippen molar-refractivity contribution >= 4 is 47.2 Å². The average molecular weight is 476 g/mol. The molecule has 1 aliphatic heterocycles. The molecule has 2 heterocycles. The maximum Gasteiger partial charge on any atom is 0.325 e. The third-order valence-electron chi connectivity index (χ3n) is 5.82. The van der Waals surface area contributed by atoms with Gasteiger partial charge in [-0.15, -0.1) is 0 Å². The molecule has 0 unspecified atom stereocenters. The normalized spacial score (nSPS) is 18.5. The van der Waals surface area contributed by atoms with Gasteiger partial charge in [0.05, 0.1) is 6.04 Å². The van der Waals surface area contributed by atoms with Crippen LogP contribution in [0.25, 0.3) is 10.9 Å². The number of amides is 3. The number of carbonyl (C=O) groups is 4. The van der Waals surface area contributed by atoms with Crippen molar-refractivity contribution in [2.45, 2.75) is 50.4 Å². The molecule has 1 fully saturated rings. The molecule has 0 saturated carbocycles. The highest BCUT2D eigenvalue weighted by molar-refractivity contribution is 7.80. The number of carbonyl (C=O) groups excluding carboxylic acids is 3. The number of likely N-dealkylation sites (tertiary alicyclic amines) is 1. The quantitative estimate of drug-likeness (QED) is 0.281. The fourth-order valence-corrected chi connectivity index (χ4v) is 4.22. The fourth-order valence-electron chi connectivity index (χ4n) is 3.97. The number of aromatic amines is 1. The third-order valence-corrected chi connectivity index (χ3v) is 6.18. The summed E-state index contributed by atoms with van der Waals surface area (Å²) in [6, 6.07) is 3.98. The second kappa shape index (κ2) is 10.7. The molecule has 33 heavy (non-hydrogen) atoms. The van der Waals surface area contributed by atoms with Crippen LogP contribution in [-0.4, -0.2) is 75.1 Å². The number of nitrogens with one attached hydrogen (secondary N) is 3. The maximum atomic E-state index is 13.1. The first kappa shape index (κ1) is 24.6. The monoisotopic (exact) mass is 475 g/mol. The number of nitrogens with zero attached hydrogens (tertiary/aromatic N) is 1. The molecule has 1 aromatic heterocycles. The lowest BCUT2D eigenvalue weighted by Crippen LogP contribution is -2.57. The molecule has 0 radical (unpaired) electrons. The van der Waals surface area contributed by atoms with E-state index in [4.69, 9.17) is 10.8 Å². The average Bonchev–Trinajstić information content (AvgIpc) is 3.44. The largest absolute Gasteiger partial charge is 0.480 e. The molecule has 0 bridgehead atoms. The number of H-pyrrole nitrogens is 1. The molecule has 0 spiro atoms. The van der Waals surface area contributed by atoms with Crippen LogP contribution in [-0.2, 0) is 25.6 Å². The highest BCUT2D eigenvalue weighted by atomic mass is 32.1. The Kier molecular flexibility index (Phi) is 7.98. The van der Waals surface area contributed by atoms with Crippen LogP contribution in [0.4, 0.5) is 0 Å². The minimum atomic E-state index is -1.16. The van der Waals surface area contributed by atoms with Gasteiger partial charge in [-0.3, -0.25) is 19.2 Å². The van der Waals surface area contributed by atoms with Crippen LogP contribution >= 0.6 is 12.6 Å². The van der Waals surface area contributed by atoms with Gasteiger partial charge in [0.2, 0.25) is 17.7 Å². The van der Waals surface area contributed by atoms with E-state index >= 15 is 0 Å². The number of carboxylic acid groups (broad SMARTS) is 1. The van der Waals surface area contributed by atoms with E-state index in [1.54, 1.807) is 0 Å². The molecule has 178 valence electrons. The molecule has 4 atom stereocenters. The van der Waals surface area contributed by atoms with E-state index in [0.717, 1.165) is 16.5 Å². The van der Waals surface area contributed by atoms with Crippen molar-refractivity contribution in [3.8, 4) is 0 Å². The Bertz CT molecular complexity index is 1040. The van der Waals surface area contributed by atoms with Gasteiger partial charge >= 0.3 is 5.97 Å². The van der Waals surface area contributed by atoms with Gasteiger partial charge in [-0.2, -0.15) is 12.6 Å². The Labute approximate surface area is 196 Å². The van der Waals surface area contributed by atoms with E-state index in [1.165, 1.54) is 11.8 Å². The van der Waals surface area contributed by atoms with Crippen molar-refractivity contribution in [2.75, 3.05) is 12.3 Å². The number of thiol groups is 1. The van der Waals surface area contributed by atoms with Gasteiger partial charge in [0, 0.05) is 29.4 Å². The van der Waals surface area contributed by atoms with E-state index in [-0.39, 0.29) is 12.2 Å². The highest BCUT2D eigenvalue weighted by Crippen LogP contribution is 2.20. The van der Waals surface area contributed by atoms with Crippen molar-refractivity contribution in [3.63, 3.8) is 0 Å². The molecule has 11 heteroatoms. The molecule has 10 nitrogen and oxygen atoms in total. The summed E-state index contributed by atoms with van der Waals surface area (Å²) in [5.41, 5.74) is 7.96. The number of nitrogens with two attached hydrogens (primary N) is 1. The molecule has 6 N–H and O–H groups in total. The van der Waals surface area contributed by atoms with Gasteiger partial charge in [0.25, 0.3) is 0 Å². The predicted molar refractivity (Wildman–Crippen MR) is 126 cm³/mol. The summed E-state index contributed by atoms with van der Waals surface area (Å²) in [4.78, 5) is 53.9. The van der Waals surface area contributed by atoms with E-state index in [0.29, 0.717) is 19.4 Å². The highest BCUT2D eigenvalue weighted by Gasteiger charge is 2.38. The summed E-state index contributed by atoms with van der Waals surface area (Å²) in [7, 11) is 0. The smallest absolute Gasteiger partial charge is 0.325 e. The molecule has 3 amide bonds. The molecule has 0 aliphatic carbocycles. The Morgan fingerprint density at radius 1 is 1.27 bits per heavy atom. The van der Waals surface area contributed by atoms with E-state index in [2.05, 4.69) is 28.2 Å². The summed E-state index contributed by atoms with van der Waals surface area (Å²) in [5.74, 6) is -2.61. The van der Waals surface area contributed by atoms with Crippen molar-refractivity contribution in [3.05, 3.63) is 36.0 Å². The molecule has 1 aliphatic rings. The number of para-hydroxylation sites is 1.